The number of anilines is 4. The Bertz CT molecular complexity index is 944. The van der Waals surface area contributed by atoms with E-state index < -0.39 is 0 Å². The molecule has 0 bridgehead atoms. The van der Waals surface area contributed by atoms with Crippen molar-refractivity contribution >= 4 is 23.4 Å². The molecule has 0 saturated carbocycles. The highest BCUT2D eigenvalue weighted by Crippen LogP contribution is 2.20. The molecule has 0 amide bonds. The van der Waals surface area contributed by atoms with Gasteiger partial charge in [-0.2, -0.15) is 15.0 Å². The van der Waals surface area contributed by atoms with Gasteiger partial charge >= 0.3 is 0 Å². The fourth-order valence-corrected chi connectivity index (χ4v) is 3.27. The minimum Gasteiger partial charge on any atom is -0.497 e. The molecule has 4 rings (SSSR count). The van der Waals surface area contributed by atoms with E-state index in [1.807, 2.05) is 48.7 Å². The molecule has 3 N–H and O–H groups in total. The largest absolute Gasteiger partial charge is 0.497 e. The molecule has 29 heavy (non-hydrogen) atoms. The Labute approximate surface area is 169 Å². The normalized spacial score (nSPS) is 14.6. The van der Waals surface area contributed by atoms with Crippen molar-refractivity contribution in [3.05, 3.63) is 54.5 Å². The van der Waals surface area contributed by atoms with Gasteiger partial charge in [0.25, 0.3) is 0 Å². The van der Waals surface area contributed by atoms with Crippen LogP contribution in [0.3, 0.4) is 0 Å². The van der Waals surface area contributed by atoms with Crippen molar-refractivity contribution in [2.24, 2.45) is 0 Å². The van der Waals surface area contributed by atoms with Gasteiger partial charge in [-0.3, -0.25) is 4.90 Å². The molecule has 150 valence electrons. The predicted octanol–water partition coefficient (Wildman–Crippen LogP) is 1.92. The van der Waals surface area contributed by atoms with Gasteiger partial charge in [0.15, 0.2) is 0 Å². The zero-order valence-electron chi connectivity index (χ0n) is 16.3. The lowest BCUT2D eigenvalue weighted by molar-refractivity contribution is 0.243. The lowest BCUT2D eigenvalue weighted by Crippen LogP contribution is -2.46. The summed E-state index contributed by atoms with van der Waals surface area (Å²) in [6, 6.07) is 13.5. The number of piperazine rings is 1. The molecule has 2 aromatic heterocycles. The molecule has 0 aliphatic carbocycles. The third kappa shape index (κ3) is 4.88. The standard InChI is InChI=1S/C20H24N8O/c1-29-16-6-4-5-15(13-16)23-20-25-17(24-19(21)26-20)14-27-9-11-28(12-10-27)18-7-2-3-8-22-18/h2-8,13H,9-12,14H2,1H3,(H3,21,23,24,25,26). The summed E-state index contributed by atoms with van der Waals surface area (Å²) in [5.74, 6) is 3.04. The Hall–Kier alpha value is -3.46. The minimum absolute atomic E-state index is 0.201. The number of nitrogens with two attached hydrogens (primary N) is 1. The van der Waals surface area contributed by atoms with Crippen molar-refractivity contribution in [3.63, 3.8) is 0 Å². The molecule has 0 radical (unpaired) electrons. The third-order valence-electron chi connectivity index (χ3n) is 4.74. The van der Waals surface area contributed by atoms with Crippen LogP contribution in [-0.2, 0) is 6.54 Å². The predicted molar refractivity (Wildman–Crippen MR) is 112 cm³/mol. The van der Waals surface area contributed by atoms with Crippen molar-refractivity contribution in [1.29, 1.82) is 0 Å². The second-order valence-electron chi connectivity index (χ2n) is 6.74. The summed E-state index contributed by atoms with van der Waals surface area (Å²) in [5.41, 5.74) is 6.73. The van der Waals surface area contributed by atoms with Gasteiger partial charge in [0.2, 0.25) is 11.9 Å². The number of nitrogen functional groups attached to an aromatic ring is 1. The van der Waals surface area contributed by atoms with E-state index in [9.17, 15) is 0 Å². The lowest BCUT2D eigenvalue weighted by atomic mass is 10.3. The summed E-state index contributed by atoms with van der Waals surface area (Å²) in [5, 5.41) is 3.17. The van der Waals surface area contributed by atoms with Crippen LogP contribution in [0.15, 0.2) is 48.7 Å². The van der Waals surface area contributed by atoms with Crippen molar-refractivity contribution in [1.82, 2.24) is 24.8 Å². The first-order chi connectivity index (χ1) is 14.2. The number of aromatic nitrogens is 4. The summed E-state index contributed by atoms with van der Waals surface area (Å²) in [7, 11) is 1.63. The van der Waals surface area contributed by atoms with E-state index in [4.69, 9.17) is 10.5 Å². The number of hydrogen-bond donors (Lipinski definition) is 2. The van der Waals surface area contributed by atoms with Crippen LogP contribution in [0.25, 0.3) is 0 Å². The van der Waals surface area contributed by atoms with Crippen molar-refractivity contribution in [2.75, 3.05) is 49.2 Å². The first-order valence-corrected chi connectivity index (χ1v) is 9.49. The molecule has 1 saturated heterocycles. The molecule has 3 heterocycles. The SMILES string of the molecule is COc1cccc(Nc2nc(N)nc(CN3CCN(c4ccccn4)CC3)n2)c1. The average Bonchev–Trinajstić information content (AvgIpc) is 2.75. The summed E-state index contributed by atoms with van der Waals surface area (Å²) in [6.45, 7) is 4.25. The number of nitrogens with one attached hydrogen (secondary N) is 1. The molecular formula is C20H24N8O. The zero-order chi connectivity index (χ0) is 20.1. The highest BCUT2D eigenvalue weighted by Gasteiger charge is 2.19. The summed E-state index contributed by atoms with van der Waals surface area (Å²) < 4.78 is 5.25. The molecule has 0 atom stereocenters. The highest BCUT2D eigenvalue weighted by atomic mass is 16.5. The smallest absolute Gasteiger partial charge is 0.232 e. The van der Waals surface area contributed by atoms with Crippen LogP contribution in [0.1, 0.15) is 5.82 Å². The molecule has 9 nitrogen and oxygen atoms in total. The quantitative estimate of drug-likeness (QED) is 0.651. The van der Waals surface area contributed by atoms with Crippen molar-refractivity contribution in [3.8, 4) is 5.75 Å². The Morgan fingerprint density at radius 2 is 1.90 bits per heavy atom. The van der Waals surface area contributed by atoms with Crippen molar-refractivity contribution in [2.45, 2.75) is 6.54 Å². The third-order valence-corrected chi connectivity index (χ3v) is 4.74. The van der Waals surface area contributed by atoms with Gasteiger partial charge in [0, 0.05) is 44.1 Å². The lowest BCUT2D eigenvalue weighted by Gasteiger charge is -2.34. The topological polar surface area (TPSA) is 105 Å². The van der Waals surface area contributed by atoms with Crippen LogP contribution < -0.4 is 20.7 Å². The number of methoxy groups -OCH3 is 1. The molecule has 1 fully saturated rings. The number of benzene rings is 1. The first-order valence-electron chi connectivity index (χ1n) is 9.49. The van der Waals surface area contributed by atoms with Gasteiger partial charge in [-0.05, 0) is 24.3 Å². The minimum atomic E-state index is 0.201. The van der Waals surface area contributed by atoms with E-state index in [0.29, 0.717) is 18.3 Å². The molecular weight excluding hydrogens is 368 g/mol. The van der Waals surface area contributed by atoms with E-state index >= 15 is 0 Å². The van der Waals surface area contributed by atoms with Crippen LogP contribution >= 0.6 is 0 Å². The fourth-order valence-electron chi connectivity index (χ4n) is 3.27. The number of ether oxygens (including phenoxy) is 1. The second-order valence-corrected chi connectivity index (χ2v) is 6.74. The zero-order valence-corrected chi connectivity index (χ0v) is 16.3. The van der Waals surface area contributed by atoms with Gasteiger partial charge in [-0.25, -0.2) is 4.98 Å². The van der Waals surface area contributed by atoms with Crippen molar-refractivity contribution < 1.29 is 4.74 Å². The molecule has 1 aliphatic rings. The summed E-state index contributed by atoms with van der Waals surface area (Å²) in [4.78, 5) is 22.1. The molecule has 1 aromatic carbocycles. The summed E-state index contributed by atoms with van der Waals surface area (Å²) >= 11 is 0. The van der Waals surface area contributed by atoms with Crippen LogP contribution in [0.2, 0.25) is 0 Å². The van der Waals surface area contributed by atoms with E-state index in [-0.39, 0.29) is 5.95 Å². The van der Waals surface area contributed by atoms with E-state index in [1.54, 1.807) is 7.11 Å². The van der Waals surface area contributed by atoms with E-state index in [1.165, 1.54) is 0 Å². The monoisotopic (exact) mass is 392 g/mol. The van der Waals surface area contributed by atoms with Crippen LogP contribution in [0, 0.1) is 0 Å². The van der Waals surface area contributed by atoms with Crippen LogP contribution in [0.4, 0.5) is 23.4 Å². The van der Waals surface area contributed by atoms with Gasteiger partial charge in [0.05, 0.1) is 13.7 Å². The maximum atomic E-state index is 5.91. The number of rotatable bonds is 6. The van der Waals surface area contributed by atoms with Gasteiger partial charge in [-0.1, -0.05) is 12.1 Å². The Kier molecular flexibility index (Phi) is 5.66. The Morgan fingerprint density at radius 3 is 2.66 bits per heavy atom. The molecule has 0 spiro atoms. The molecule has 0 unspecified atom stereocenters. The second kappa shape index (κ2) is 8.70. The maximum absolute atomic E-state index is 5.91. The average molecular weight is 392 g/mol. The van der Waals surface area contributed by atoms with Crippen LogP contribution in [0.5, 0.6) is 5.75 Å². The van der Waals surface area contributed by atoms with Gasteiger partial charge in [0.1, 0.15) is 17.4 Å². The Morgan fingerprint density at radius 1 is 1.03 bits per heavy atom. The van der Waals surface area contributed by atoms with Crippen LogP contribution in [-0.4, -0.2) is 58.1 Å². The maximum Gasteiger partial charge on any atom is 0.232 e. The van der Waals surface area contributed by atoms with E-state index in [0.717, 1.165) is 43.4 Å². The number of hydrogen-bond acceptors (Lipinski definition) is 9. The van der Waals surface area contributed by atoms with Gasteiger partial charge < -0.3 is 20.7 Å². The summed E-state index contributed by atoms with van der Waals surface area (Å²) in [6.07, 6.45) is 1.83. The number of nitrogens with zero attached hydrogens (tertiary/aromatic N) is 6. The Balaban J connectivity index is 1.39. The van der Waals surface area contributed by atoms with E-state index in [2.05, 4.69) is 35.1 Å². The molecule has 3 aromatic rings. The molecule has 1 aliphatic heterocycles. The van der Waals surface area contributed by atoms with Gasteiger partial charge in [-0.15, -0.1) is 0 Å². The fraction of sp³-hybridized carbons (Fsp3) is 0.300. The highest BCUT2D eigenvalue weighted by molar-refractivity contribution is 5.56. The number of pyridine rings is 1. The first kappa shape index (κ1) is 18.9. The molecule has 9 heteroatoms.